The summed E-state index contributed by atoms with van der Waals surface area (Å²) in [5.74, 6) is -2.50. The van der Waals surface area contributed by atoms with Crippen LogP contribution in [0.2, 0.25) is 0 Å². The molecule has 0 radical (unpaired) electrons. The van der Waals surface area contributed by atoms with Crippen LogP contribution in [-0.2, 0) is 4.79 Å². The normalized spacial score (nSPS) is 19.9. The lowest BCUT2D eigenvalue weighted by molar-refractivity contribution is -0.328. The third-order valence-corrected chi connectivity index (χ3v) is 1.10. The predicted octanol–water partition coefficient (Wildman–Crippen LogP) is -0.172. The summed E-state index contributed by atoms with van der Waals surface area (Å²) in [6, 6.07) is 0. The fourth-order valence-electron chi connectivity index (χ4n) is 0.500. The molecule has 1 aliphatic rings. The van der Waals surface area contributed by atoms with E-state index in [1.807, 2.05) is 0 Å². The highest BCUT2D eigenvalue weighted by atomic mass is 19.4. The molecule has 0 N–H and O–H groups in total. The first kappa shape index (κ1) is 8.56. The van der Waals surface area contributed by atoms with E-state index in [-0.39, 0.29) is 0 Å². The second-order valence-electron chi connectivity index (χ2n) is 1.84. The zero-order chi connectivity index (χ0) is 9.41. The van der Waals surface area contributed by atoms with Crippen molar-refractivity contribution in [2.45, 2.75) is 11.8 Å². The number of halogens is 3. The monoisotopic (exact) mass is 181 g/mol. The SMILES string of the molecule is O=C([O-])C1(C(F)(F)F)N=NN=N1. The second kappa shape index (κ2) is 2.22. The summed E-state index contributed by atoms with van der Waals surface area (Å²) in [7, 11) is 0. The van der Waals surface area contributed by atoms with Crippen molar-refractivity contribution < 1.29 is 23.1 Å². The minimum atomic E-state index is -5.19. The summed E-state index contributed by atoms with van der Waals surface area (Å²) < 4.78 is 35.8. The molecule has 0 saturated carbocycles. The smallest absolute Gasteiger partial charge is 0.443 e. The van der Waals surface area contributed by atoms with Gasteiger partial charge in [0, 0.05) is 0 Å². The van der Waals surface area contributed by atoms with Gasteiger partial charge in [-0.2, -0.15) is 13.2 Å². The van der Waals surface area contributed by atoms with Gasteiger partial charge in [0.25, 0.3) is 0 Å². The van der Waals surface area contributed by atoms with Crippen molar-refractivity contribution in [3.05, 3.63) is 0 Å². The highest BCUT2D eigenvalue weighted by molar-refractivity contribution is 5.77. The Morgan fingerprint density at radius 1 is 1.25 bits per heavy atom. The van der Waals surface area contributed by atoms with E-state index < -0.39 is 17.8 Å². The summed E-state index contributed by atoms with van der Waals surface area (Å²) in [4.78, 5) is 10.0. The Kier molecular flexibility index (Phi) is 1.58. The Labute approximate surface area is 62.8 Å². The van der Waals surface area contributed by atoms with Gasteiger partial charge in [0.2, 0.25) is 0 Å². The van der Waals surface area contributed by atoms with Gasteiger partial charge in [-0.3, -0.25) is 0 Å². The maximum absolute atomic E-state index is 11.9. The molecule has 0 aliphatic carbocycles. The lowest BCUT2D eigenvalue weighted by atomic mass is 10.2. The molecule has 12 heavy (non-hydrogen) atoms. The molecule has 1 rings (SSSR count). The van der Waals surface area contributed by atoms with Crippen LogP contribution >= 0.6 is 0 Å². The zero-order valence-corrected chi connectivity index (χ0v) is 5.24. The van der Waals surface area contributed by atoms with E-state index >= 15 is 0 Å². The van der Waals surface area contributed by atoms with Crippen molar-refractivity contribution >= 4 is 5.97 Å². The van der Waals surface area contributed by atoms with Crippen LogP contribution in [0.5, 0.6) is 0 Å². The molecule has 1 aliphatic heterocycles. The van der Waals surface area contributed by atoms with Crippen molar-refractivity contribution in [1.82, 2.24) is 0 Å². The van der Waals surface area contributed by atoms with Crippen LogP contribution in [0.3, 0.4) is 0 Å². The van der Waals surface area contributed by atoms with E-state index in [0.717, 1.165) is 0 Å². The fourth-order valence-corrected chi connectivity index (χ4v) is 0.500. The third kappa shape index (κ3) is 0.933. The van der Waals surface area contributed by atoms with E-state index in [1.165, 1.54) is 0 Å². The number of carboxylic acids is 1. The molecule has 1 heterocycles. The third-order valence-electron chi connectivity index (χ3n) is 1.10. The van der Waals surface area contributed by atoms with Crippen molar-refractivity contribution in [2.75, 3.05) is 0 Å². The molecule has 0 aromatic heterocycles. The molecule has 0 aromatic rings. The van der Waals surface area contributed by atoms with E-state index in [0.29, 0.717) is 0 Å². The van der Waals surface area contributed by atoms with Crippen molar-refractivity contribution in [3.63, 3.8) is 0 Å². The Morgan fingerprint density at radius 2 is 1.67 bits per heavy atom. The molecule has 0 saturated heterocycles. The lowest BCUT2D eigenvalue weighted by Gasteiger charge is -2.22. The van der Waals surface area contributed by atoms with Gasteiger partial charge in [0.15, 0.2) is 0 Å². The molecule has 0 amide bonds. The Balaban J connectivity index is 3.14. The lowest BCUT2D eigenvalue weighted by Crippen LogP contribution is -2.54. The van der Waals surface area contributed by atoms with Crippen LogP contribution in [0.1, 0.15) is 0 Å². The first-order chi connectivity index (χ1) is 5.40. The maximum atomic E-state index is 11.9. The molecule has 0 spiro atoms. The van der Waals surface area contributed by atoms with Crippen molar-refractivity contribution in [2.24, 2.45) is 20.7 Å². The quantitative estimate of drug-likeness (QED) is 0.561. The highest BCUT2D eigenvalue weighted by Crippen LogP contribution is 2.37. The number of hydrogen-bond acceptors (Lipinski definition) is 6. The number of hydrogen-bond donors (Lipinski definition) is 0. The van der Waals surface area contributed by atoms with Gasteiger partial charge in [-0.05, 0) is 10.4 Å². The summed E-state index contributed by atoms with van der Waals surface area (Å²) >= 11 is 0. The molecular formula is C3F3N4O2-. The van der Waals surface area contributed by atoms with Crippen LogP contribution < -0.4 is 5.11 Å². The van der Waals surface area contributed by atoms with Gasteiger partial charge in [-0.25, -0.2) is 0 Å². The number of alkyl halides is 3. The largest absolute Gasteiger partial charge is 0.545 e. The molecule has 0 aromatic carbocycles. The fraction of sp³-hybridized carbons (Fsp3) is 0.667. The first-order valence-electron chi connectivity index (χ1n) is 2.52. The van der Waals surface area contributed by atoms with Gasteiger partial charge in [0.1, 0.15) is 5.97 Å². The molecule has 0 fully saturated rings. The Bertz CT molecular complexity index is 257. The van der Waals surface area contributed by atoms with Gasteiger partial charge >= 0.3 is 11.8 Å². The number of carbonyl (C=O) groups is 1. The predicted molar refractivity (Wildman–Crippen MR) is 23.5 cm³/mol. The molecule has 9 heteroatoms. The Hall–Kier alpha value is -1.54. The summed E-state index contributed by atoms with van der Waals surface area (Å²) in [5.41, 5.74) is -3.65. The molecule has 66 valence electrons. The first-order valence-corrected chi connectivity index (χ1v) is 2.52. The molecule has 0 unspecified atom stereocenters. The molecule has 0 bridgehead atoms. The summed E-state index contributed by atoms with van der Waals surface area (Å²) in [6.07, 6.45) is -5.19. The van der Waals surface area contributed by atoms with Gasteiger partial charge in [-0.15, -0.1) is 10.2 Å². The van der Waals surface area contributed by atoms with Crippen LogP contribution in [0.4, 0.5) is 13.2 Å². The van der Waals surface area contributed by atoms with Gasteiger partial charge < -0.3 is 9.90 Å². The highest BCUT2D eigenvalue weighted by Gasteiger charge is 2.60. The Morgan fingerprint density at radius 3 is 1.83 bits per heavy atom. The van der Waals surface area contributed by atoms with Crippen molar-refractivity contribution in [3.8, 4) is 0 Å². The van der Waals surface area contributed by atoms with E-state index in [4.69, 9.17) is 0 Å². The number of carbonyl (C=O) groups excluding carboxylic acids is 1. The molecule has 0 atom stereocenters. The van der Waals surface area contributed by atoms with Gasteiger partial charge in [0.05, 0.1) is 0 Å². The number of nitrogens with zero attached hydrogens (tertiary/aromatic N) is 4. The van der Waals surface area contributed by atoms with Crippen LogP contribution in [0.25, 0.3) is 0 Å². The number of aliphatic carboxylic acids is 1. The molecular weight excluding hydrogens is 181 g/mol. The van der Waals surface area contributed by atoms with Crippen LogP contribution in [-0.4, -0.2) is 17.8 Å². The minimum absolute atomic E-state index is 2.34. The van der Waals surface area contributed by atoms with E-state index in [1.54, 1.807) is 0 Å². The summed E-state index contributed by atoms with van der Waals surface area (Å²) in [5, 5.41) is 19.7. The van der Waals surface area contributed by atoms with Gasteiger partial charge in [-0.1, -0.05) is 0 Å². The number of rotatable bonds is 1. The topological polar surface area (TPSA) is 89.6 Å². The zero-order valence-electron chi connectivity index (χ0n) is 5.24. The standard InChI is InChI=1S/C3HF3N4O2/c4-3(5,6)2(1(11)12)7-9-10-8-2/h(H,11,12)/p-1. The summed E-state index contributed by atoms with van der Waals surface area (Å²) in [6.45, 7) is 0. The van der Waals surface area contributed by atoms with Crippen LogP contribution in [0.15, 0.2) is 20.7 Å². The average molecular weight is 181 g/mol. The van der Waals surface area contributed by atoms with E-state index in [9.17, 15) is 23.1 Å². The van der Waals surface area contributed by atoms with Crippen molar-refractivity contribution in [1.29, 1.82) is 0 Å². The maximum Gasteiger partial charge on any atom is 0.443 e. The van der Waals surface area contributed by atoms with Crippen LogP contribution in [0, 0.1) is 0 Å². The van der Waals surface area contributed by atoms with E-state index in [2.05, 4.69) is 20.7 Å². The second-order valence-corrected chi connectivity index (χ2v) is 1.84. The number of carboxylic acid groups (broad SMARTS) is 1. The average Bonchev–Trinajstić information content (AvgIpc) is 2.31. The molecule has 6 nitrogen and oxygen atoms in total. The minimum Gasteiger partial charge on any atom is -0.545 e.